The summed E-state index contributed by atoms with van der Waals surface area (Å²) in [7, 11) is 0. The fraction of sp³-hybridized carbons (Fsp3) is 0.500. The summed E-state index contributed by atoms with van der Waals surface area (Å²) < 4.78 is 4.76. The van der Waals surface area contributed by atoms with Crippen LogP contribution in [0.3, 0.4) is 0 Å². The second-order valence-electron chi connectivity index (χ2n) is 1.33. The first-order valence-electron chi connectivity index (χ1n) is 2.47. The summed E-state index contributed by atoms with van der Waals surface area (Å²) in [5.74, 6) is 0. The number of nitrogens with zero attached hydrogens (tertiary/aromatic N) is 1. The average molecular weight is 130 g/mol. The third-order valence-electron chi connectivity index (χ3n) is 0.752. The number of aliphatic imine (C=N–C) groups is 1. The molecule has 0 spiro atoms. The number of hydrogen-bond donors (Lipinski definition) is 1. The lowest BCUT2D eigenvalue weighted by atomic mass is 10.8. The Balaban J connectivity index is 2.18. The summed E-state index contributed by atoms with van der Waals surface area (Å²) in [6.07, 6.45) is 0.534. The molecule has 9 heavy (non-hydrogen) atoms. The van der Waals surface area contributed by atoms with Gasteiger partial charge in [-0.1, -0.05) is 0 Å². The second-order valence-corrected chi connectivity index (χ2v) is 1.33. The molecule has 5 heteroatoms. The third-order valence-corrected chi connectivity index (χ3v) is 0.752. The van der Waals surface area contributed by atoms with Crippen LogP contribution in [0.5, 0.6) is 0 Å². The Hall–Kier alpha value is -1.26. The van der Waals surface area contributed by atoms with Crippen molar-refractivity contribution in [1.82, 2.24) is 5.48 Å². The molecule has 1 rings (SSSR count). The largest absolute Gasteiger partial charge is 0.447 e. The van der Waals surface area contributed by atoms with Gasteiger partial charge in [0, 0.05) is 0 Å². The summed E-state index contributed by atoms with van der Waals surface area (Å²) in [4.78, 5) is 17.8. The van der Waals surface area contributed by atoms with Crippen LogP contribution in [0.15, 0.2) is 4.99 Å². The molecule has 0 saturated carbocycles. The molecule has 0 saturated heterocycles. The topological polar surface area (TPSA) is 59.9 Å². The molecule has 5 nitrogen and oxygen atoms in total. The minimum atomic E-state index is 0.127. The monoisotopic (exact) mass is 130 g/mol. The SMILES string of the molecule is O=CNOC1=NCCO1. The van der Waals surface area contributed by atoms with Crippen molar-refractivity contribution in [2.75, 3.05) is 13.2 Å². The first kappa shape index (κ1) is 5.87. The molecule has 0 bridgehead atoms. The van der Waals surface area contributed by atoms with E-state index in [1.807, 2.05) is 5.48 Å². The number of carbonyl (C=O) groups excluding carboxylic acids is 1. The number of hydrogen-bond acceptors (Lipinski definition) is 4. The zero-order valence-corrected chi connectivity index (χ0v) is 4.66. The van der Waals surface area contributed by atoms with Gasteiger partial charge >= 0.3 is 6.08 Å². The van der Waals surface area contributed by atoms with Gasteiger partial charge in [0.05, 0.1) is 6.54 Å². The number of amides is 1. The summed E-state index contributed by atoms with van der Waals surface area (Å²) in [5, 5.41) is 0. The van der Waals surface area contributed by atoms with Crippen LogP contribution in [-0.4, -0.2) is 25.6 Å². The zero-order chi connectivity index (χ0) is 6.53. The first-order valence-corrected chi connectivity index (χ1v) is 2.47. The van der Waals surface area contributed by atoms with Gasteiger partial charge in [-0.2, -0.15) is 5.48 Å². The summed E-state index contributed by atoms with van der Waals surface area (Å²) >= 11 is 0. The molecule has 0 aromatic carbocycles. The summed E-state index contributed by atoms with van der Waals surface area (Å²) in [6, 6.07) is 0. The van der Waals surface area contributed by atoms with E-state index in [4.69, 9.17) is 4.74 Å². The van der Waals surface area contributed by atoms with Gasteiger partial charge in [-0.15, -0.1) is 0 Å². The fourth-order valence-corrected chi connectivity index (χ4v) is 0.452. The van der Waals surface area contributed by atoms with Crippen molar-refractivity contribution in [3.63, 3.8) is 0 Å². The molecule has 0 aliphatic carbocycles. The predicted octanol–water partition coefficient (Wildman–Crippen LogP) is -0.950. The van der Waals surface area contributed by atoms with Crippen LogP contribution in [-0.2, 0) is 14.4 Å². The van der Waals surface area contributed by atoms with Crippen LogP contribution < -0.4 is 5.48 Å². The highest BCUT2D eigenvalue weighted by Gasteiger charge is 2.06. The van der Waals surface area contributed by atoms with Gasteiger partial charge in [0.2, 0.25) is 6.41 Å². The molecule has 0 fully saturated rings. The molecular formula is C4H6N2O3. The fourth-order valence-electron chi connectivity index (χ4n) is 0.452. The average Bonchev–Trinajstić information content (AvgIpc) is 2.34. The Morgan fingerprint density at radius 3 is 3.33 bits per heavy atom. The number of hydroxylamine groups is 1. The molecule has 1 aliphatic rings. The van der Waals surface area contributed by atoms with Crippen molar-refractivity contribution < 1.29 is 14.4 Å². The number of rotatable bonds is 2. The predicted molar refractivity (Wildman–Crippen MR) is 28.5 cm³/mol. The van der Waals surface area contributed by atoms with E-state index in [-0.39, 0.29) is 6.08 Å². The molecule has 0 radical (unpaired) electrons. The molecule has 50 valence electrons. The lowest BCUT2D eigenvalue weighted by Gasteiger charge is -1.98. The van der Waals surface area contributed by atoms with Crippen LogP contribution in [0.4, 0.5) is 0 Å². The summed E-state index contributed by atoms with van der Waals surface area (Å²) in [6.45, 7) is 1.12. The molecule has 0 atom stereocenters. The first-order chi connectivity index (χ1) is 4.43. The van der Waals surface area contributed by atoms with Gasteiger partial charge < -0.3 is 9.57 Å². The van der Waals surface area contributed by atoms with Gasteiger partial charge in [0.25, 0.3) is 0 Å². The minimum absolute atomic E-state index is 0.127. The van der Waals surface area contributed by atoms with E-state index in [0.717, 1.165) is 0 Å². The van der Waals surface area contributed by atoms with Crippen LogP contribution >= 0.6 is 0 Å². The van der Waals surface area contributed by atoms with Gasteiger partial charge in [-0.05, 0) is 0 Å². The van der Waals surface area contributed by atoms with E-state index in [9.17, 15) is 4.79 Å². The number of carbonyl (C=O) groups is 1. The van der Waals surface area contributed by atoms with Gasteiger partial charge in [0.1, 0.15) is 6.61 Å². The van der Waals surface area contributed by atoms with E-state index in [1.54, 1.807) is 0 Å². The van der Waals surface area contributed by atoms with Crippen LogP contribution in [0.1, 0.15) is 0 Å². The molecule has 0 unspecified atom stereocenters. The number of ether oxygens (including phenoxy) is 1. The maximum atomic E-state index is 9.61. The standard InChI is InChI=1S/C4H6N2O3/c7-3-6-9-4-5-1-2-8-4/h3H,1-2H2,(H,6,7). The van der Waals surface area contributed by atoms with Gasteiger partial charge in [-0.3, -0.25) is 4.79 Å². The van der Waals surface area contributed by atoms with Crippen molar-refractivity contribution in [2.45, 2.75) is 0 Å². The molecular weight excluding hydrogens is 124 g/mol. The van der Waals surface area contributed by atoms with E-state index in [0.29, 0.717) is 19.6 Å². The molecule has 1 amide bonds. The van der Waals surface area contributed by atoms with Crippen molar-refractivity contribution in [3.8, 4) is 0 Å². The Kier molecular flexibility index (Phi) is 1.90. The highest BCUT2D eigenvalue weighted by molar-refractivity contribution is 5.68. The van der Waals surface area contributed by atoms with Crippen molar-refractivity contribution >= 4 is 12.5 Å². The van der Waals surface area contributed by atoms with E-state index >= 15 is 0 Å². The van der Waals surface area contributed by atoms with E-state index in [2.05, 4.69) is 9.83 Å². The lowest BCUT2D eigenvalue weighted by molar-refractivity contribution is -0.116. The maximum Gasteiger partial charge on any atom is 0.408 e. The molecule has 1 heterocycles. The highest BCUT2D eigenvalue weighted by Crippen LogP contribution is 1.92. The van der Waals surface area contributed by atoms with E-state index in [1.165, 1.54) is 0 Å². The highest BCUT2D eigenvalue weighted by atomic mass is 16.8. The third kappa shape index (κ3) is 1.60. The lowest BCUT2D eigenvalue weighted by Crippen LogP contribution is -2.17. The molecule has 1 N–H and O–H groups in total. The smallest absolute Gasteiger partial charge is 0.408 e. The Morgan fingerprint density at radius 1 is 1.89 bits per heavy atom. The zero-order valence-electron chi connectivity index (χ0n) is 4.66. The van der Waals surface area contributed by atoms with Crippen LogP contribution in [0.25, 0.3) is 0 Å². The molecule has 1 aliphatic heterocycles. The Bertz CT molecular complexity index is 134. The molecule has 0 aromatic rings. The second kappa shape index (κ2) is 2.91. The van der Waals surface area contributed by atoms with Crippen LogP contribution in [0, 0.1) is 0 Å². The maximum absolute atomic E-state index is 9.61. The molecule has 0 aromatic heterocycles. The van der Waals surface area contributed by atoms with Crippen molar-refractivity contribution in [3.05, 3.63) is 0 Å². The Labute approximate surface area is 51.6 Å². The quantitative estimate of drug-likeness (QED) is 0.387. The number of nitrogens with one attached hydrogen (secondary N) is 1. The van der Waals surface area contributed by atoms with Gasteiger partial charge in [0.15, 0.2) is 0 Å². The van der Waals surface area contributed by atoms with Crippen molar-refractivity contribution in [1.29, 1.82) is 0 Å². The normalized spacial score (nSPS) is 15.8. The van der Waals surface area contributed by atoms with Crippen LogP contribution in [0.2, 0.25) is 0 Å². The minimum Gasteiger partial charge on any atom is -0.447 e. The summed E-state index contributed by atoms with van der Waals surface area (Å²) in [5.41, 5.74) is 1.95. The van der Waals surface area contributed by atoms with Gasteiger partial charge in [-0.25, -0.2) is 4.99 Å². The van der Waals surface area contributed by atoms with Crippen molar-refractivity contribution in [2.24, 2.45) is 4.99 Å². The van der Waals surface area contributed by atoms with E-state index < -0.39 is 0 Å². The Morgan fingerprint density at radius 2 is 2.78 bits per heavy atom.